The summed E-state index contributed by atoms with van der Waals surface area (Å²) < 4.78 is -0.0129. The van der Waals surface area contributed by atoms with Gasteiger partial charge < -0.3 is 0 Å². The molecular formula is C10H10BrN. The molecule has 2 heteroatoms. The maximum atomic E-state index is 8.57. The summed E-state index contributed by atoms with van der Waals surface area (Å²) in [7, 11) is 0. The summed E-state index contributed by atoms with van der Waals surface area (Å²) in [5, 5.41) is 8.57. The largest absolute Gasteiger partial charge is 0.192 e. The molecule has 0 aliphatic rings. The molecule has 0 aliphatic heterocycles. The first-order valence-corrected chi connectivity index (χ1v) is 4.53. The lowest BCUT2D eigenvalue weighted by atomic mass is 10.0. The maximum absolute atomic E-state index is 8.57. The fourth-order valence-corrected chi connectivity index (χ4v) is 1.21. The van der Waals surface area contributed by atoms with Crippen molar-refractivity contribution in [3.8, 4) is 6.07 Å². The van der Waals surface area contributed by atoms with Gasteiger partial charge in [0.05, 0.1) is 11.6 Å². The third kappa shape index (κ3) is 2.09. The standard InChI is InChI=1S/C10H10BrN/c1-10(2,11)9-5-3-8(7-12)4-6-9/h3-6H,1-2H3. The number of halogens is 1. The summed E-state index contributed by atoms with van der Waals surface area (Å²) in [6.45, 7) is 4.16. The van der Waals surface area contributed by atoms with Crippen LogP contribution in [0, 0.1) is 11.3 Å². The van der Waals surface area contributed by atoms with Crippen LogP contribution in [0.5, 0.6) is 0 Å². The van der Waals surface area contributed by atoms with Crippen LogP contribution < -0.4 is 0 Å². The lowest BCUT2D eigenvalue weighted by Gasteiger charge is -2.16. The van der Waals surface area contributed by atoms with Gasteiger partial charge in [-0.25, -0.2) is 0 Å². The van der Waals surface area contributed by atoms with Gasteiger partial charge in [0.25, 0.3) is 0 Å². The van der Waals surface area contributed by atoms with Crippen LogP contribution in [-0.2, 0) is 4.32 Å². The van der Waals surface area contributed by atoms with Gasteiger partial charge in [-0.1, -0.05) is 28.1 Å². The van der Waals surface area contributed by atoms with Crippen molar-refractivity contribution in [2.45, 2.75) is 18.2 Å². The van der Waals surface area contributed by atoms with Gasteiger partial charge in [-0.05, 0) is 31.5 Å². The molecule has 0 unspecified atom stereocenters. The van der Waals surface area contributed by atoms with Crippen LogP contribution in [0.25, 0.3) is 0 Å². The van der Waals surface area contributed by atoms with Gasteiger partial charge >= 0.3 is 0 Å². The summed E-state index contributed by atoms with van der Waals surface area (Å²) in [5.74, 6) is 0. The predicted molar refractivity (Wildman–Crippen MR) is 53.1 cm³/mol. The van der Waals surface area contributed by atoms with Crippen LogP contribution >= 0.6 is 15.9 Å². The van der Waals surface area contributed by atoms with E-state index in [1.165, 1.54) is 5.56 Å². The van der Waals surface area contributed by atoms with Crippen molar-refractivity contribution in [3.63, 3.8) is 0 Å². The van der Waals surface area contributed by atoms with Gasteiger partial charge in [-0.15, -0.1) is 0 Å². The molecule has 0 heterocycles. The quantitative estimate of drug-likeness (QED) is 0.672. The predicted octanol–water partition coefficient (Wildman–Crippen LogP) is 3.19. The third-order valence-electron chi connectivity index (χ3n) is 1.70. The highest BCUT2D eigenvalue weighted by Gasteiger charge is 2.14. The van der Waals surface area contributed by atoms with Gasteiger partial charge in [0.1, 0.15) is 0 Å². The lowest BCUT2D eigenvalue weighted by Crippen LogP contribution is -2.05. The minimum Gasteiger partial charge on any atom is -0.192 e. The SMILES string of the molecule is CC(C)(Br)c1ccc(C#N)cc1. The summed E-state index contributed by atoms with van der Waals surface area (Å²) in [6.07, 6.45) is 0. The van der Waals surface area contributed by atoms with E-state index in [1.54, 1.807) is 0 Å². The van der Waals surface area contributed by atoms with Gasteiger partial charge in [0.15, 0.2) is 0 Å². The fraction of sp³-hybridized carbons (Fsp3) is 0.300. The molecule has 0 atom stereocenters. The molecule has 0 saturated carbocycles. The first-order valence-electron chi connectivity index (χ1n) is 3.73. The Kier molecular flexibility index (Phi) is 2.54. The highest BCUT2D eigenvalue weighted by atomic mass is 79.9. The van der Waals surface area contributed by atoms with Crippen molar-refractivity contribution in [2.24, 2.45) is 0 Å². The molecule has 62 valence electrons. The normalized spacial score (nSPS) is 10.8. The van der Waals surface area contributed by atoms with Gasteiger partial charge in [0, 0.05) is 4.32 Å². The Morgan fingerprint density at radius 3 is 2.08 bits per heavy atom. The molecule has 12 heavy (non-hydrogen) atoms. The monoisotopic (exact) mass is 223 g/mol. The summed E-state index contributed by atoms with van der Waals surface area (Å²) >= 11 is 3.55. The molecule has 0 aliphatic carbocycles. The molecule has 0 amide bonds. The van der Waals surface area contributed by atoms with E-state index in [0.29, 0.717) is 5.56 Å². The Morgan fingerprint density at radius 1 is 1.25 bits per heavy atom. The molecule has 0 radical (unpaired) electrons. The Labute approximate surface area is 81.2 Å². The van der Waals surface area contributed by atoms with Crippen molar-refractivity contribution in [1.82, 2.24) is 0 Å². The molecule has 0 bridgehead atoms. The topological polar surface area (TPSA) is 23.8 Å². The van der Waals surface area contributed by atoms with Crippen LogP contribution in [0.15, 0.2) is 24.3 Å². The third-order valence-corrected chi connectivity index (χ3v) is 2.16. The number of nitriles is 1. The Hall–Kier alpha value is -0.810. The first kappa shape index (κ1) is 9.28. The number of hydrogen-bond donors (Lipinski definition) is 0. The molecule has 0 spiro atoms. The number of rotatable bonds is 1. The van der Waals surface area contributed by atoms with Crippen LogP contribution in [0.3, 0.4) is 0 Å². The zero-order valence-corrected chi connectivity index (χ0v) is 8.72. The number of nitrogens with zero attached hydrogens (tertiary/aromatic N) is 1. The average molecular weight is 224 g/mol. The highest BCUT2D eigenvalue weighted by molar-refractivity contribution is 9.09. The summed E-state index contributed by atoms with van der Waals surface area (Å²) in [5.41, 5.74) is 1.89. The van der Waals surface area contributed by atoms with Crippen LogP contribution in [0.1, 0.15) is 25.0 Å². The smallest absolute Gasteiger partial charge is 0.0991 e. The van der Waals surface area contributed by atoms with E-state index in [4.69, 9.17) is 5.26 Å². The molecule has 0 fully saturated rings. The molecule has 1 aromatic rings. The fourth-order valence-electron chi connectivity index (χ4n) is 0.941. The van der Waals surface area contributed by atoms with E-state index in [-0.39, 0.29) is 4.32 Å². The highest BCUT2D eigenvalue weighted by Crippen LogP contribution is 2.29. The number of hydrogen-bond acceptors (Lipinski definition) is 1. The Balaban J connectivity index is 3.02. The van der Waals surface area contributed by atoms with E-state index in [0.717, 1.165) is 0 Å². The van der Waals surface area contributed by atoms with Crippen molar-refractivity contribution >= 4 is 15.9 Å². The summed E-state index contributed by atoms with van der Waals surface area (Å²) in [4.78, 5) is 0. The average Bonchev–Trinajstić information content (AvgIpc) is 2.03. The molecule has 0 aromatic heterocycles. The van der Waals surface area contributed by atoms with Crippen molar-refractivity contribution < 1.29 is 0 Å². The van der Waals surface area contributed by atoms with Gasteiger partial charge in [0.2, 0.25) is 0 Å². The van der Waals surface area contributed by atoms with Crippen molar-refractivity contribution in [3.05, 3.63) is 35.4 Å². The van der Waals surface area contributed by atoms with Crippen molar-refractivity contribution in [2.75, 3.05) is 0 Å². The number of benzene rings is 1. The minimum absolute atomic E-state index is 0.0129. The molecule has 1 aromatic carbocycles. The van der Waals surface area contributed by atoms with E-state index in [1.807, 2.05) is 24.3 Å². The zero-order valence-electron chi connectivity index (χ0n) is 7.13. The van der Waals surface area contributed by atoms with Crippen LogP contribution in [-0.4, -0.2) is 0 Å². The molecular weight excluding hydrogens is 214 g/mol. The van der Waals surface area contributed by atoms with Gasteiger partial charge in [-0.3, -0.25) is 0 Å². The minimum atomic E-state index is -0.0129. The second-order valence-corrected chi connectivity index (χ2v) is 5.14. The van der Waals surface area contributed by atoms with Gasteiger partial charge in [-0.2, -0.15) is 5.26 Å². The Morgan fingerprint density at radius 2 is 1.75 bits per heavy atom. The van der Waals surface area contributed by atoms with E-state index in [9.17, 15) is 0 Å². The van der Waals surface area contributed by atoms with E-state index in [2.05, 4.69) is 35.8 Å². The Bertz CT molecular complexity index is 300. The first-order chi connectivity index (χ1) is 5.54. The zero-order chi connectivity index (χ0) is 9.19. The second-order valence-electron chi connectivity index (χ2n) is 3.16. The van der Waals surface area contributed by atoms with Crippen molar-refractivity contribution in [1.29, 1.82) is 5.26 Å². The second kappa shape index (κ2) is 3.28. The maximum Gasteiger partial charge on any atom is 0.0991 e. The molecule has 0 N–H and O–H groups in total. The molecule has 1 nitrogen and oxygen atoms in total. The lowest BCUT2D eigenvalue weighted by molar-refractivity contribution is 0.803. The van der Waals surface area contributed by atoms with Crippen LogP contribution in [0.2, 0.25) is 0 Å². The van der Waals surface area contributed by atoms with E-state index >= 15 is 0 Å². The van der Waals surface area contributed by atoms with E-state index < -0.39 is 0 Å². The number of alkyl halides is 1. The van der Waals surface area contributed by atoms with Crippen LogP contribution in [0.4, 0.5) is 0 Å². The molecule has 0 saturated heterocycles. The molecule has 1 rings (SSSR count). The summed E-state index contributed by atoms with van der Waals surface area (Å²) in [6, 6.07) is 9.68.